The molecule has 9 heteroatoms. The lowest BCUT2D eigenvalue weighted by Gasteiger charge is -2.16. The number of nitrogens with zero attached hydrogens (tertiary/aromatic N) is 2. The van der Waals surface area contributed by atoms with Crippen molar-refractivity contribution in [3.63, 3.8) is 0 Å². The van der Waals surface area contributed by atoms with Gasteiger partial charge in [-0.2, -0.15) is 5.10 Å². The Morgan fingerprint density at radius 1 is 1.00 bits per heavy atom. The number of nitrogens with one attached hydrogen (secondary N) is 2. The van der Waals surface area contributed by atoms with Gasteiger partial charge in [-0.15, -0.1) is 0 Å². The summed E-state index contributed by atoms with van der Waals surface area (Å²) in [6, 6.07) is 23.7. The van der Waals surface area contributed by atoms with Crippen LogP contribution in [0.5, 0.6) is 0 Å². The van der Waals surface area contributed by atoms with Crippen LogP contribution in [0.3, 0.4) is 0 Å². The molecule has 0 saturated heterocycles. The van der Waals surface area contributed by atoms with Gasteiger partial charge in [0, 0.05) is 29.7 Å². The summed E-state index contributed by atoms with van der Waals surface area (Å²) < 4.78 is 7.28. The summed E-state index contributed by atoms with van der Waals surface area (Å²) in [6.07, 6.45) is -0.761. The van der Waals surface area contributed by atoms with Gasteiger partial charge in [-0.25, -0.2) is 4.79 Å². The summed E-state index contributed by atoms with van der Waals surface area (Å²) in [7, 11) is 1.80. The molecule has 202 valence electrons. The number of aryl methyl sites for hydroxylation is 1. The first kappa shape index (κ1) is 27.9. The predicted octanol–water partition coefficient (Wildman–Crippen LogP) is 6.14. The number of amides is 1. The minimum Gasteiger partial charge on any atom is -0.480 e. The van der Waals surface area contributed by atoms with Crippen LogP contribution in [0, 0.1) is 6.92 Å². The number of hydrogen-bond donors (Lipinski definition) is 3. The Morgan fingerprint density at radius 2 is 1.67 bits per heavy atom. The number of aromatic nitrogens is 2. The van der Waals surface area contributed by atoms with E-state index in [0.29, 0.717) is 29.4 Å². The summed E-state index contributed by atoms with van der Waals surface area (Å²) in [5.41, 5.74) is 5.32. The zero-order chi connectivity index (χ0) is 27.9. The highest BCUT2D eigenvalue weighted by atomic mass is 35.5. The minimum atomic E-state index is -0.897. The Bertz CT molecular complexity index is 1440. The Kier molecular flexibility index (Phi) is 9.01. The summed E-state index contributed by atoms with van der Waals surface area (Å²) >= 11 is 6.24. The zero-order valence-electron chi connectivity index (χ0n) is 22.0. The van der Waals surface area contributed by atoms with Crippen molar-refractivity contribution in [2.24, 2.45) is 7.05 Å². The first-order chi connectivity index (χ1) is 18.7. The number of carbonyl (C=O) groups excluding carboxylic acids is 1. The lowest BCUT2D eigenvalue weighted by molar-refractivity contribution is -0.139. The van der Waals surface area contributed by atoms with E-state index in [-0.39, 0.29) is 0 Å². The van der Waals surface area contributed by atoms with Gasteiger partial charge < -0.3 is 15.2 Å². The third kappa shape index (κ3) is 7.04. The number of rotatable bonds is 10. The largest absolute Gasteiger partial charge is 0.480 e. The normalized spacial score (nSPS) is 12.5. The highest BCUT2D eigenvalue weighted by molar-refractivity contribution is 6.31. The molecule has 0 aliphatic carbocycles. The van der Waals surface area contributed by atoms with Crippen LogP contribution in [0.4, 0.5) is 10.5 Å². The Hall–Kier alpha value is -4.14. The van der Waals surface area contributed by atoms with Crippen LogP contribution < -0.4 is 10.6 Å². The molecule has 0 bridgehead atoms. The van der Waals surface area contributed by atoms with E-state index in [9.17, 15) is 14.7 Å². The van der Waals surface area contributed by atoms with Gasteiger partial charge in [0.05, 0.1) is 11.4 Å². The number of anilines is 1. The molecule has 1 amide bonds. The number of hydrogen-bond acceptors (Lipinski definition) is 5. The van der Waals surface area contributed by atoms with Crippen LogP contribution in [0.15, 0.2) is 78.9 Å². The fraction of sp³-hybridized carbons (Fsp3) is 0.233. The minimum absolute atomic E-state index is 0.391. The van der Waals surface area contributed by atoms with Crippen LogP contribution in [0.1, 0.15) is 35.4 Å². The predicted molar refractivity (Wildman–Crippen MR) is 152 cm³/mol. The second-order valence-electron chi connectivity index (χ2n) is 9.29. The number of benzene rings is 3. The van der Waals surface area contributed by atoms with Gasteiger partial charge >= 0.3 is 12.1 Å². The number of halogens is 1. The molecule has 1 aromatic heterocycles. The molecule has 8 nitrogen and oxygen atoms in total. The van der Waals surface area contributed by atoms with Gasteiger partial charge in [0.1, 0.15) is 17.8 Å². The van der Waals surface area contributed by atoms with Crippen LogP contribution in [-0.2, 0) is 29.5 Å². The maximum Gasteiger partial charge on any atom is 0.412 e. The van der Waals surface area contributed by atoms with Crippen molar-refractivity contribution in [3.05, 3.63) is 106 Å². The summed E-state index contributed by atoms with van der Waals surface area (Å²) in [5, 5.41) is 20.7. The first-order valence-electron chi connectivity index (χ1n) is 12.6. The highest BCUT2D eigenvalue weighted by Crippen LogP contribution is 2.31. The van der Waals surface area contributed by atoms with Crippen molar-refractivity contribution in [2.45, 2.75) is 39.0 Å². The maximum atomic E-state index is 12.8. The summed E-state index contributed by atoms with van der Waals surface area (Å²) in [4.78, 5) is 24.5. The van der Waals surface area contributed by atoms with E-state index >= 15 is 0 Å². The highest BCUT2D eigenvalue weighted by Gasteiger charge is 2.21. The quantitative estimate of drug-likeness (QED) is 0.220. The molecule has 0 saturated carbocycles. The third-order valence-electron chi connectivity index (χ3n) is 6.55. The van der Waals surface area contributed by atoms with E-state index in [0.717, 1.165) is 27.9 Å². The molecule has 3 N–H and O–H groups in total. The molecule has 0 radical (unpaired) electrons. The SMILES string of the molecule is Cc1c(NC(=O)OC(C)c2ccccc2Cl)c(-c2ccc(CNC(Cc3ccccc3)C(=O)O)cc2)nn1C. The summed E-state index contributed by atoms with van der Waals surface area (Å²) in [5.74, 6) is -0.897. The van der Waals surface area contributed by atoms with Crippen LogP contribution in [-0.4, -0.2) is 33.0 Å². The van der Waals surface area contributed by atoms with Crippen molar-refractivity contribution < 1.29 is 19.4 Å². The van der Waals surface area contributed by atoms with Crippen LogP contribution >= 0.6 is 11.6 Å². The average Bonchev–Trinajstić information content (AvgIpc) is 3.20. The zero-order valence-corrected chi connectivity index (χ0v) is 22.8. The van der Waals surface area contributed by atoms with Crippen LogP contribution in [0.2, 0.25) is 5.02 Å². The van der Waals surface area contributed by atoms with Gasteiger partial charge in [-0.3, -0.25) is 14.8 Å². The van der Waals surface area contributed by atoms with Gasteiger partial charge in [0.2, 0.25) is 0 Å². The topological polar surface area (TPSA) is 105 Å². The smallest absolute Gasteiger partial charge is 0.412 e. The van der Waals surface area contributed by atoms with Crippen molar-refractivity contribution in [3.8, 4) is 11.3 Å². The number of carboxylic acid groups (broad SMARTS) is 1. The fourth-order valence-electron chi connectivity index (χ4n) is 4.24. The van der Waals surface area contributed by atoms with Gasteiger partial charge in [-0.05, 0) is 37.5 Å². The lowest BCUT2D eigenvalue weighted by atomic mass is 10.0. The summed E-state index contributed by atoms with van der Waals surface area (Å²) in [6.45, 7) is 4.02. The monoisotopic (exact) mass is 546 g/mol. The molecule has 2 unspecified atom stereocenters. The van der Waals surface area contributed by atoms with Crippen LogP contribution in [0.25, 0.3) is 11.3 Å². The van der Waals surface area contributed by atoms with E-state index in [1.165, 1.54) is 0 Å². The molecule has 1 heterocycles. The molecule has 0 aliphatic rings. The van der Waals surface area contributed by atoms with Crippen molar-refractivity contribution >= 4 is 29.4 Å². The molecule has 4 aromatic rings. The molecular formula is C30H31ClN4O4. The van der Waals surface area contributed by atoms with Crippen molar-refractivity contribution in [2.75, 3.05) is 5.32 Å². The van der Waals surface area contributed by atoms with E-state index in [4.69, 9.17) is 16.3 Å². The molecule has 39 heavy (non-hydrogen) atoms. The van der Waals surface area contributed by atoms with E-state index in [2.05, 4.69) is 15.7 Å². The van der Waals surface area contributed by atoms with E-state index < -0.39 is 24.2 Å². The Balaban J connectivity index is 1.43. The second kappa shape index (κ2) is 12.6. The van der Waals surface area contributed by atoms with Crippen molar-refractivity contribution in [1.29, 1.82) is 0 Å². The molecule has 2 atom stereocenters. The van der Waals surface area contributed by atoms with E-state index in [1.54, 1.807) is 24.7 Å². The third-order valence-corrected chi connectivity index (χ3v) is 6.89. The average molecular weight is 547 g/mol. The molecular weight excluding hydrogens is 516 g/mol. The number of ether oxygens (including phenoxy) is 1. The number of aliphatic carboxylic acids is 1. The first-order valence-corrected chi connectivity index (χ1v) is 13.0. The fourth-order valence-corrected chi connectivity index (χ4v) is 4.53. The number of carbonyl (C=O) groups is 2. The second-order valence-corrected chi connectivity index (χ2v) is 9.69. The molecule has 0 fully saturated rings. The Labute approximate surface area is 232 Å². The molecule has 4 rings (SSSR count). The Morgan fingerprint density at radius 3 is 2.33 bits per heavy atom. The van der Waals surface area contributed by atoms with Crippen molar-refractivity contribution in [1.82, 2.24) is 15.1 Å². The van der Waals surface area contributed by atoms with Gasteiger partial charge in [0.15, 0.2) is 0 Å². The standard InChI is InChI=1S/C30H31ClN4O4/c1-19-27(33-30(38)39-20(2)24-11-7-8-12-25(24)31)28(34-35(19)3)23-15-13-22(14-16-23)18-32-26(29(36)37)17-21-9-5-4-6-10-21/h4-16,20,26,32H,17-18H2,1-3H3,(H,33,38)(H,36,37). The van der Waals surface area contributed by atoms with Gasteiger partial charge in [0.25, 0.3) is 0 Å². The molecule has 3 aromatic carbocycles. The van der Waals surface area contributed by atoms with Gasteiger partial charge in [-0.1, -0.05) is 84.4 Å². The lowest BCUT2D eigenvalue weighted by Crippen LogP contribution is -2.38. The molecule has 0 aliphatic heterocycles. The maximum absolute atomic E-state index is 12.8. The molecule has 0 spiro atoms. The van der Waals surface area contributed by atoms with E-state index in [1.807, 2.05) is 79.7 Å². The number of carboxylic acids is 1.